The molecule has 1 aliphatic carbocycles. The first kappa shape index (κ1) is 15.3. The molecule has 1 saturated heterocycles. The summed E-state index contributed by atoms with van der Waals surface area (Å²) in [5.41, 5.74) is 0. The molecular formula is C17H34N2. The molecular weight excluding hydrogens is 232 g/mol. The Labute approximate surface area is 120 Å². The molecule has 2 nitrogen and oxygen atoms in total. The molecule has 0 aromatic heterocycles. The van der Waals surface area contributed by atoms with Crippen molar-refractivity contribution in [3.63, 3.8) is 0 Å². The quantitative estimate of drug-likeness (QED) is 0.819. The van der Waals surface area contributed by atoms with E-state index >= 15 is 0 Å². The molecule has 19 heavy (non-hydrogen) atoms. The number of hydrogen-bond donors (Lipinski definition) is 1. The number of nitrogens with one attached hydrogen (secondary N) is 1. The van der Waals surface area contributed by atoms with Crippen LogP contribution in [0, 0.1) is 17.8 Å². The maximum atomic E-state index is 3.89. The van der Waals surface area contributed by atoms with Crippen molar-refractivity contribution in [1.82, 2.24) is 10.2 Å². The van der Waals surface area contributed by atoms with Crippen molar-refractivity contribution in [3.05, 3.63) is 0 Å². The Bertz CT molecular complexity index is 240. The fourth-order valence-corrected chi connectivity index (χ4v) is 3.77. The molecule has 2 aliphatic rings. The van der Waals surface area contributed by atoms with Gasteiger partial charge in [-0.05, 0) is 57.4 Å². The minimum Gasteiger partial charge on any atom is -0.312 e. The summed E-state index contributed by atoms with van der Waals surface area (Å²) < 4.78 is 0. The van der Waals surface area contributed by atoms with Gasteiger partial charge in [-0.1, -0.05) is 26.7 Å². The highest BCUT2D eigenvalue weighted by Gasteiger charge is 2.30. The number of hydrogen-bond acceptors (Lipinski definition) is 2. The molecule has 0 bridgehead atoms. The molecule has 1 N–H and O–H groups in total. The minimum atomic E-state index is 0.692. The van der Waals surface area contributed by atoms with Gasteiger partial charge in [0.1, 0.15) is 0 Å². The number of piperidine rings is 1. The van der Waals surface area contributed by atoms with Crippen LogP contribution in [0.2, 0.25) is 0 Å². The number of nitrogens with zero attached hydrogens (tertiary/aromatic N) is 1. The van der Waals surface area contributed by atoms with Crippen molar-refractivity contribution in [2.24, 2.45) is 17.8 Å². The lowest BCUT2D eigenvalue weighted by molar-refractivity contribution is 0.0891. The zero-order valence-electron chi connectivity index (χ0n) is 13.5. The van der Waals surface area contributed by atoms with E-state index in [0.717, 1.165) is 23.8 Å². The van der Waals surface area contributed by atoms with Gasteiger partial charge in [0.15, 0.2) is 0 Å². The molecule has 1 heterocycles. The van der Waals surface area contributed by atoms with Crippen molar-refractivity contribution in [3.8, 4) is 0 Å². The molecule has 2 heteroatoms. The molecule has 0 amide bonds. The summed E-state index contributed by atoms with van der Waals surface area (Å²) >= 11 is 0. The van der Waals surface area contributed by atoms with Crippen LogP contribution in [-0.4, -0.2) is 36.6 Å². The molecule has 2 atom stereocenters. The van der Waals surface area contributed by atoms with Gasteiger partial charge in [-0.25, -0.2) is 0 Å². The van der Waals surface area contributed by atoms with Crippen molar-refractivity contribution < 1.29 is 0 Å². The molecule has 1 saturated carbocycles. The maximum absolute atomic E-state index is 3.89. The predicted molar refractivity (Wildman–Crippen MR) is 83.4 cm³/mol. The van der Waals surface area contributed by atoms with Crippen LogP contribution < -0.4 is 5.32 Å². The lowest BCUT2D eigenvalue weighted by Gasteiger charge is -2.42. The van der Waals surface area contributed by atoms with Crippen LogP contribution in [0.25, 0.3) is 0 Å². The maximum Gasteiger partial charge on any atom is 0.0198 e. The van der Waals surface area contributed by atoms with Crippen LogP contribution in [0.3, 0.4) is 0 Å². The minimum absolute atomic E-state index is 0.692. The van der Waals surface area contributed by atoms with Gasteiger partial charge in [-0.2, -0.15) is 0 Å². The molecule has 112 valence electrons. The van der Waals surface area contributed by atoms with Gasteiger partial charge >= 0.3 is 0 Å². The summed E-state index contributed by atoms with van der Waals surface area (Å²) in [6, 6.07) is 1.42. The van der Waals surface area contributed by atoms with E-state index < -0.39 is 0 Å². The third-order valence-corrected chi connectivity index (χ3v) is 5.35. The Morgan fingerprint density at radius 1 is 1.05 bits per heavy atom. The summed E-state index contributed by atoms with van der Waals surface area (Å²) in [6.45, 7) is 13.3. The van der Waals surface area contributed by atoms with Crippen molar-refractivity contribution in [2.45, 2.75) is 71.9 Å². The highest BCUT2D eigenvalue weighted by molar-refractivity contribution is 4.87. The van der Waals surface area contributed by atoms with Crippen LogP contribution in [0.5, 0.6) is 0 Å². The summed E-state index contributed by atoms with van der Waals surface area (Å²) in [5, 5.41) is 3.89. The molecule has 2 unspecified atom stereocenters. The van der Waals surface area contributed by atoms with Crippen LogP contribution in [0.1, 0.15) is 59.8 Å². The average molecular weight is 266 g/mol. The molecule has 2 rings (SSSR count). The second-order valence-corrected chi connectivity index (χ2v) is 7.54. The van der Waals surface area contributed by atoms with Gasteiger partial charge in [-0.15, -0.1) is 0 Å². The van der Waals surface area contributed by atoms with E-state index in [4.69, 9.17) is 0 Å². The zero-order chi connectivity index (χ0) is 13.8. The van der Waals surface area contributed by atoms with E-state index in [0.29, 0.717) is 6.04 Å². The Morgan fingerprint density at radius 3 is 2.32 bits per heavy atom. The van der Waals surface area contributed by atoms with E-state index in [1.807, 2.05) is 0 Å². The Hall–Kier alpha value is -0.0800. The third-order valence-electron chi connectivity index (χ3n) is 5.35. The molecule has 0 aromatic rings. The normalized spacial score (nSPS) is 30.6. The lowest BCUT2D eigenvalue weighted by Crippen LogP contribution is -2.53. The van der Waals surface area contributed by atoms with Gasteiger partial charge in [0.05, 0.1) is 0 Å². The first-order valence-electron chi connectivity index (χ1n) is 8.53. The second kappa shape index (κ2) is 7.08. The highest BCUT2D eigenvalue weighted by Crippen LogP contribution is 2.27. The van der Waals surface area contributed by atoms with Crippen molar-refractivity contribution >= 4 is 0 Å². The van der Waals surface area contributed by atoms with Gasteiger partial charge in [0.25, 0.3) is 0 Å². The first-order valence-corrected chi connectivity index (χ1v) is 8.53. The predicted octanol–water partition coefficient (Wildman–Crippen LogP) is 3.52. The zero-order valence-corrected chi connectivity index (χ0v) is 13.5. The van der Waals surface area contributed by atoms with Gasteiger partial charge in [0, 0.05) is 25.2 Å². The highest BCUT2D eigenvalue weighted by atomic mass is 15.2. The smallest absolute Gasteiger partial charge is 0.0198 e. The van der Waals surface area contributed by atoms with Crippen molar-refractivity contribution in [1.29, 1.82) is 0 Å². The van der Waals surface area contributed by atoms with E-state index in [1.165, 1.54) is 51.7 Å². The van der Waals surface area contributed by atoms with E-state index in [1.54, 1.807) is 0 Å². The summed E-state index contributed by atoms with van der Waals surface area (Å²) in [4.78, 5) is 2.68. The van der Waals surface area contributed by atoms with Gasteiger partial charge in [0.2, 0.25) is 0 Å². The SMILES string of the molecule is CC(C)C1CC(NCC2CCCC2)CN(C(C)C)C1. The van der Waals surface area contributed by atoms with E-state index in [2.05, 4.69) is 37.9 Å². The van der Waals surface area contributed by atoms with Gasteiger partial charge in [-0.3, -0.25) is 4.90 Å². The van der Waals surface area contributed by atoms with Crippen LogP contribution in [0.15, 0.2) is 0 Å². The molecule has 1 aliphatic heterocycles. The van der Waals surface area contributed by atoms with Crippen molar-refractivity contribution in [2.75, 3.05) is 19.6 Å². The average Bonchev–Trinajstić information content (AvgIpc) is 2.89. The second-order valence-electron chi connectivity index (χ2n) is 7.54. The summed E-state index contributed by atoms with van der Waals surface area (Å²) in [6.07, 6.45) is 7.23. The van der Waals surface area contributed by atoms with Crippen LogP contribution >= 0.6 is 0 Å². The number of likely N-dealkylation sites (tertiary alicyclic amines) is 1. The molecule has 0 spiro atoms. The molecule has 0 radical (unpaired) electrons. The fraction of sp³-hybridized carbons (Fsp3) is 1.00. The monoisotopic (exact) mass is 266 g/mol. The summed E-state index contributed by atoms with van der Waals surface area (Å²) in [7, 11) is 0. The third kappa shape index (κ3) is 4.46. The largest absolute Gasteiger partial charge is 0.312 e. The van der Waals surface area contributed by atoms with E-state index in [-0.39, 0.29) is 0 Å². The standard InChI is InChI=1S/C17H34N2/c1-13(2)16-9-17(12-19(11-16)14(3)4)18-10-15-7-5-6-8-15/h13-18H,5-12H2,1-4H3. The lowest BCUT2D eigenvalue weighted by atomic mass is 9.85. The Balaban J connectivity index is 1.83. The topological polar surface area (TPSA) is 15.3 Å². The first-order chi connectivity index (χ1) is 9.06. The van der Waals surface area contributed by atoms with E-state index in [9.17, 15) is 0 Å². The molecule has 0 aromatic carbocycles. The van der Waals surface area contributed by atoms with Gasteiger partial charge < -0.3 is 5.32 Å². The van der Waals surface area contributed by atoms with Crippen LogP contribution in [-0.2, 0) is 0 Å². The Kier molecular flexibility index (Phi) is 5.70. The number of rotatable bonds is 5. The molecule has 2 fully saturated rings. The van der Waals surface area contributed by atoms with Crippen LogP contribution in [0.4, 0.5) is 0 Å². The summed E-state index contributed by atoms with van der Waals surface area (Å²) in [5.74, 6) is 2.65. The fourth-order valence-electron chi connectivity index (χ4n) is 3.77. The Morgan fingerprint density at radius 2 is 1.74 bits per heavy atom.